The van der Waals surface area contributed by atoms with Gasteiger partial charge in [0.15, 0.2) is 19.7 Å². The monoisotopic (exact) mass is 1040 g/mol. The number of phenolic OH excluding ortho intramolecular Hbond substituents is 1. The average Bonchev–Trinajstić information content (AvgIpc) is 3.82. The van der Waals surface area contributed by atoms with Gasteiger partial charge in [-0.3, -0.25) is 9.97 Å². The molecule has 16 nitrogen and oxygen atoms in total. The quantitative estimate of drug-likeness (QED) is 0.0970. The number of aryl methyl sites for hydroxylation is 4. The second kappa shape index (κ2) is 22.9. The molecule has 8 aromatic rings. The first-order chi connectivity index (χ1) is 35.0. The van der Waals surface area contributed by atoms with E-state index in [9.17, 15) is 32.5 Å². The van der Waals surface area contributed by atoms with Gasteiger partial charge in [-0.25, -0.2) is 16.8 Å². The third kappa shape index (κ3) is 13.0. The largest absolute Gasteiger partial charge is 0.508 e. The number of hydrogen-bond donors (Lipinski definition) is 3. The van der Waals surface area contributed by atoms with Gasteiger partial charge in [0.2, 0.25) is 0 Å². The van der Waals surface area contributed by atoms with E-state index in [-0.39, 0.29) is 23.0 Å². The summed E-state index contributed by atoms with van der Waals surface area (Å²) in [5, 5.41) is 32.6. The first kappa shape index (κ1) is 52.4. The maximum Gasteiger partial charge on any atom is 0.152 e. The highest BCUT2D eigenvalue weighted by atomic mass is 35.5. The third-order valence-corrected chi connectivity index (χ3v) is 16.8. The Morgan fingerprint density at radius 3 is 1.63 bits per heavy atom. The van der Waals surface area contributed by atoms with Crippen molar-refractivity contribution in [1.82, 2.24) is 29.7 Å². The van der Waals surface area contributed by atoms with Crippen LogP contribution < -0.4 is 14.2 Å². The van der Waals surface area contributed by atoms with Crippen LogP contribution in [0.25, 0.3) is 43.6 Å². The zero-order chi connectivity index (χ0) is 51.9. The minimum absolute atomic E-state index is 0.214. The fourth-order valence-corrected chi connectivity index (χ4v) is 11.5. The van der Waals surface area contributed by atoms with Gasteiger partial charge in [-0.2, -0.15) is 10.5 Å². The SMILES string of the molecule is Cc1[nH]c2ccc(O)cc2c1C.Cc1[nH]c2ccc(Oc3ccnc4cc(OCCCN5CCS(=O)(=O)CC5)c(C#N)cc34)cc2c1C.N#Cc1cc2c(Cl)ccnc2cc1OCCCN1CCS(=O)(=O)CC1. The summed E-state index contributed by atoms with van der Waals surface area (Å²) in [5.41, 5.74) is 9.04. The van der Waals surface area contributed by atoms with E-state index in [4.69, 9.17) is 25.8 Å². The van der Waals surface area contributed by atoms with Crippen LogP contribution in [0.3, 0.4) is 0 Å². The number of halogens is 1. The highest BCUT2D eigenvalue weighted by Gasteiger charge is 2.22. The van der Waals surface area contributed by atoms with E-state index in [1.165, 1.54) is 11.1 Å². The summed E-state index contributed by atoms with van der Waals surface area (Å²) in [6, 6.07) is 26.1. The Bertz CT molecular complexity index is 3610. The van der Waals surface area contributed by atoms with Crippen LogP contribution in [0.1, 0.15) is 46.5 Å². The zero-order valence-corrected chi connectivity index (χ0v) is 43.6. The Balaban J connectivity index is 0.000000165. The number of nitriles is 2. The number of fused-ring (bicyclic) bond motifs is 4. The summed E-state index contributed by atoms with van der Waals surface area (Å²) in [7, 11) is -5.73. The number of pyridine rings is 2. The molecule has 0 amide bonds. The summed E-state index contributed by atoms with van der Waals surface area (Å²) in [6.07, 6.45) is 4.79. The average molecular weight is 1050 g/mol. The van der Waals surface area contributed by atoms with Crippen molar-refractivity contribution in [2.45, 2.75) is 40.5 Å². The van der Waals surface area contributed by atoms with E-state index < -0.39 is 19.7 Å². The molecule has 4 aromatic heterocycles. The second-order valence-corrected chi connectivity index (χ2v) is 23.3. The number of nitrogens with zero attached hydrogens (tertiary/aromatic N) is 6. The number of aromatic nitrogens is 4. The number of ether oxygens (including phenoxy) is 3. The molecule has 0 bridgehead atoms. The maximum atomic E-state index is 11.6. The Morgan fingerprint density at radius 1 is 0.616 bits per heavy atom. The van der Waals surface area contributed by atoms with Crippen LogP contribution in [0.15, 0.2) is 85.2 Å². The van der Waals surface area contributed by atoms with Crippen molar-refractivity contribution in [3.63, 3.8) is 0 Å². The van der Waals surface area contributed by atoms with Crippen molar-refractivity contribution in [2.24, 2.45) is 0 Å². The first-order valence-corrected chi connectivity index (χ1v) is 28.0. The Hall–Kier alpha value is -6.93. The number of benzene rings is 4. The van der Waals surface area contributed by atoms with E-state index in [1.54, 1.807) is 60.9 Å². The van der Waals surface area contributed by atoms with Crippen LogP contribution in [0.5, 0.6) is 28.7 Å². The predicted molar refractivity (Wildman–Crippen MR) is 286 cm³/mol. The minimum Gasteiger partial charge on any atom is -0.508 e. The van der Waals surface area contributed by atoms with Gasteiger partial charge in [0.25, 0.3) is 0 Å². The van der Waals surface area contributed by atoms with Crippen molar-refractivity contribution in [3.8, 4) is 40.9 Å². The molecular formula is C54H57ClN8O8S2. The van der Waals surface area contributed by atoms with Crippen LogP contribution in [-0.2, 0) is 19.7 Å². The summed E-state index contributed by atoms with van der Waals surface area (Å²) in [6.45, 7) is 12.9. The van der Waals surface area contributed by atoms with Crippen molar-refractivity contribution in [1.29, 1.82) is 10.5 Å². The molecule has 6 heterocycles. The summed E-state index contributed by atoms with van der Waals surface area (Å²) < 4.78 is 63.9. The van der Waals surface area contributed by atoms with E-state index in [0.717, 1.165) is 69.9 Å². The van der Waals surface area contributed by atoms with Gasteiger partial charge in [0.1, 0.15) is 40.9 Å². The topological polar surface area (TPSA) is 228 Å². The van der Waals surface area contributed by atoms with Crippen LogP contribution in [0, 0.1) is 50.4 Å². The first-order valence-electron chi connectivity index (χ1n) is 24.0. The predicted octanol–water partition coefficient (Wildman–Crippen LogP) is 9.25. The molecule has 2 fully saturated rings. The van der Waals surface area contributed by atoms with Gasteiger partial charge in [0, 0.05) is 108 Å². The molecule has 4 aromatic carbocycles. The number of hydrogen-bond acceptors (Lipinski definition) is 14. The fraction of sp³-hybridized carbons (Fsp3) is 0.333. The number of rotatable bonds is 12. The van der Waals surface area contributed by atoms with Crippen molar-refractivity contribution >= 4 is 74.9 Å². The lowest BCUT2D eigenvalue weighted by molar-refractivity contribution is 0.245. The minimum atomic E-state index is -2.88. The molecule has 0 unspecified atom stereocenters. The molecule has 2 aliphatic heterocycles. The van der Waals surface area contributed by atoms with Crippen LogP contribution >= 0.6 is 11.6 Å². The van der Waals surface area contributed by atoms with Crippen LogP contribution in [0.4, 0.5) is 0 Å². The van der Waals surface area contributed by atoms with Gasteiger partial charge >= 0.3 is 0 Å². The molecule has 380 valence electrons. The molecule has 2 aliphatic rings. The van der Waals surface area contributed by atoms with Gasteiger partial charge in [-0.15, -0.1) is 0 Å². The van der Waals surface area contributed by atoms with Crippen molar-refractivity contribution in [3.05, 3.63) is 124 Å². The number of sulfone groups is 2. The van der Waals surface area contributed by atoms with Gasteiger partial charge in [-0.1, -0.05) is 11.6 Å². The fourth-order valence-electron chi connectivity index (χ4n) is 8.76. The molecule has 0 saturated carbocycles. The number of nitrogens with one attached hydrogen (secondary N) is 2. The Labute approximate surface area is 429 Å². The summed E-state index contributed by atoms with van der Waals surface area (Å²) in [4.78, 5) is 19.6. The standard InChI is InChI=1S/C27H28N4O4S.C17H18ClN3O3S.C10H11NO/c1-18-19(2)30-24-5-4-21(15-22(18)24)35-26-6-7-29-25-16-27(20(17-28)14-23(25)26)34-11-3-8-31-9-12-36(32,33)13-10-31;18-15-2-3-20-16-11-17(13(12-19)10-14(15)16)24-7-1-4-21-5-8-25(22,23)9-6-21;1-6-7(2)11-10-4-3-8(12)5-9(6)10/h4-7,14-16,30H,3,8-13H2,1-2H3;2-3,10-11H,1,4-9H2;3-5,11-12H,1-2H3. The van der Waals surface area contributed by atoms with Crippen LogP contribution in [-0.4, -0.2) is 127 Å². The van der Waals surface area contributed by atoms with E-state index in [0.29, 0.717) is 95.3 Å². The molecule has 0 atom stereocenters. The van der Waals surface area contributed by atoms with E-state index in [2.05, 4.69) is 55.7 Å². The molecule has 0 spiro atoms. The lowest BCUT2D eigenvalue weighted by Gasteiger charge is -2.26. The highest BCUT2D eigenvalue weighted by molar-refractivity contribution is 7.91. The van der Waals surface area contributed by atoms with Gasteiger partial charge < -0.3 is 39.1 Å². The zero-order valence-electron chi connectivity index (χ0n) is 41.2. The van der Waals surface area contributed by atoms with Gasteiger partial charge in [-0.05, 0) is 112 Å². The van der Waals surface area contributed by atoms with Gasteiger partial charge in [0.05, 0.1) is 63.4 Å². The van der Waals surface area contributed by atoms with Crippen molar-refractivity contribution in [2.75, 3.05) is 75.5 Å². The van der Waals surface area contributed by atoms with Crippen LogP contribution in [0.2, 0.25) is 5.02 Å². The normalized spacial score (nSPS) is 15.4. The smallest absolute Gasteiger partial charge is 0.152 e. The van der Waals surface area contributed by atoms with E-state index >= 15 is 0 Å². The summed E-state index contributed by atoms with van der Waals surface area (Å²) >= 11 is 6.13. The number of aromatic amines is 2. The molecule has 3 N–H and O–H groups in total. The molecule has 73 heavy (non-hydrogen) atoms. The molecular weight excluding hydrogens is 988 g/mol. The molecule has 2 saturated heterocycles. The van der Waals surface area contributed by atoms with E-state index in [1.807, 2.05) is 38.1 Å². The third-order valence-electron chi connectivity index (χ3n) is 13.3. The molecule has 0 aliphatic carbocycles. The van der Waals surface area contributed by atoms with Crippen molar-refractivity contribution < 1.29 is 36.2 Å². The lowest BCUT2D eigenvalue weighted by atomic mass is 10.1. The molecule has 19 heteroatoms. The lowest BCUT2D eigenvalue weighted by Crippen LogP contribution is -2.40. The molecule has 0 radical (unpaired) electrons. The Morgan fingerprint density at radius 2 is 1.10 bits per heavy atom. The second-order valence-electron chi connectivity index (χ2n) is 18.2. The Kier molecular flexibility index (Phi) is 16.4. The number of H-pyrrole nitrogens is 2. The maximum absolute atomic E-state index is 11.6. The summed E-state index contributed by atoms with van der Waals surface area (Å²) in [5.74, 6) is 3.50. The number of phenols is 1. The number of aromatic hydroxyl groups is 1. The molecule has 10 rings (SSSR count). The highest BCUT2D eigenvalue weighted by Crippen LogP contribution is 2.35.